The summed E-state index contributed by atoms with van der Waals surface area (Å²) in [6.45, 7) is 3.60. The minimum atomic E-state index is 0.0483. The van der Waals surface area contributed by atoms with E-state index in [2.05, 4.69) is 12.0 Å². The maximum Gasteiger partial charge on any atom is 0.257 e. The molecule has 2 rings (SSSR count). The van der Waals surface area contributed by atoms with Crippen LogP contribution in [0.1, 0.15) is 30.1 Å². The Morgan fingerprint density at radius 3 is 2.94 bits per heavy atom. The van der Waals surface area contributed by atoms with Crippen LogP contribution in [0.4, 0.5) is 0 Å². The molecule has 2 atom stereocenters. The van der Waals surface area contributed by atoms with Gasteiger partial charge in [-0.1, -0.05) is 13.3 Å². The molecule has 1 fully saturated rings. The van der Waals surface area contributed by atoms with Gasteiger partial charge in [0.25, 0.3) is 5.91 Å². The summed E-state index contributed by atoms with van der Waals surface area (Å²) in [5.41, 5.74) is 6.71. The third kappa shape index (κ3) is 2.49. The van der Waals surface area contributed by atoms with Crippen LogP contribution in [0.2, 0.25) is 0 Å². The Kier molecular flexibility index (Phi) is 3.47. The molecule has 0 saturated carbocycles. The van der Waals surface area contributed by atoms with Crippen LogP contribution in [0, 0.1) is 5.92 Å². The van der Waals surface area contributed by atoms with E-state index in [1.165, 1.54) is 0 Å². The van der Waals surface area contributed by atoms with Crippen molar-refractivity contribution in [1.29, 1.82) is 0 Å². The van der Waals surface area contributed by atoms with Crippen LogP contribution < -0.4 is 5.73 Å². The highest BCUT2D eigenvalue weighted by Gasteiger charge is 2.32. The molecule has 17 heavy (non-hydrogen) atoms. The Balaban J connectivity index is 2.02. The quantitative estimate of drug-likeness (QED) is 0.836. The van der Waals surface area contributed by atoms with Crippen molar-refractivity contribution in [3.05, 3.63) is 18.0 Å². The van der Waals surface area contributed by atoms with E-state index < -0.39 is 0 Å². The number of nitrogens with zero attached hydrogens (tertiary/aromatic N) is 3. The topological polar surface area (TPSA) is 64.2 Å². The summed E-state index contributed by atoms with van der Waals surface area (Å²) in [6.07, 6.45) is 5.58. The average Bonchev–Trinajstić information content (AvgIpc) is 2.86. The van der Waals surface area contributed by atoms with Gasteiger partial charge in [-0.2, -0.15) is 5.10 Å². The lowest BCUT2D eigenvalue weighted by molar-refractivity contribution is 0.0785. The Bertz CT molecular complexity index is 401. The molecule has 5 nitrogen and oxygen atoms in total. The zero-order chi connectivity index (χ0) is 12.4. The van der Waals surface area contributed by atoms with Crippen LogP contribution in [0.3, 0.4) is 0 Å². The molecule has 0 bridgehead atoms. The van der Waals surface area contributed by atoms with Crippen LogP contribution in [-0.4, -0.2) is 39.7 Å². The van der Waals surface area contributed by atoms with Crippen molar-refractivity contribution < 1.29 is 4.79 Å². The zero-order valence-electron chi connectivity index (χ0n) is 10.5. The summed E-state index contributed by atoms with van der Waals surface area (Å²) < 4.78 is 1.65. The monoisotopic (exact) mass is 236 g/mol. The van der Waals surface area contributed by atoms with E-state index in [4.69, 9.17) is 5.73 Å². The highest BCUT2D eigenvalue weighted by atomic mass is 16.2. The number of carbonyl (C=O) groups excluding carboxylic acids is 1. The van der Waals surface area contributed by atoms with Crippen LogP contribution in [0.15, 0.2) is 12.4 Å². The fourth-order valence-electron chi connectivity index (χ4n) is 2.45. The minimum absolute atomic E-state index is 0.0483. The number of aryl methyl sites for hydroxylation is 1. The van der Waals surface area contributed by atoms with Crippen LogP contribution in [-0.2, 0) is 7.05 Å². The molecule has 1 amide bonds. The molecule has 0 aromatic carbocycles. The second kappa shape index (κ2) is 4.87. The van der Waals surface area contributed by atoms with E-state index in [9.17, 15) is 4.79 Å². The molecule has 0 radical (unpaired) electrons. The Morgan fingerprint density at radius 1 is 1.59 bits per heavy atom. The number of carbonyl (C=O) groups is 1. The maximum absolute atomic E-state index is 12.2. The molecule has 2 N–H and O–H groups in total. The van der Waals surface area contributed by atoms with E-state index in [1.807, 2.05) is 11.9 Å². The lowest BCUT2D eigenvalue weighted by Crippen LogP contribution is -2.32. The van der Waals surface area contributed by atoms with E-state index in [1.54, 1.807) is 17.1 Å². The highest BCUT2D eigenvalue weighted by Crippen LogP contribution is 2.21. The summed E-state index contributed by atoms with van der Waals surface area (Å²) in [5, 5.41) is 4.02. The Hall–Kier alpha value is -1.36. The fraction of sp³-hybridized carbons (Fsp3) is 0.667. The van der Waals surface area contributed by atoms with Gasteiger partial charge in [-0.25, -0.2) is 0 Å². The van der Waals surface area contributed by atoms with Crippen molar-refractivity contribution in [2.24, 2.45) is 18.7 Å². The molecule has 0 aliphatic carbocycles. The number of amides is 1. The molecule has 0 unspecified atom stereocenters. The van der Waals surface area contributed by atoms with Gasteiger partial charge >= 0.3 is 0 Å². The SMILES string of the molecule is CCC[C@H]1CN(C(=O)c2cnn(C)c2)C[C@@H]1N. The van der Waals surface area contributed by atoms with Gasteiger partial charge in [0, 0.05) is 32.4 Å². The van der Waals surface area contributed by atoms with Crippen molar-refractivity contribution in [3.63, 3.8) is 0 Å². The van der Waals surface area contributed by atoms with Crippen LogP contribution >= 0.6 is 0 Å². The Labute approximate surface area is 102 Å². The predicted octanol–water partition coefficient (Wildman–Crippen LogP) is 0.620. The van der Waals surface area contributed by atoms with Gasteiger partial charge in [-0.15, -0.1) is 0 Å². The number of hydrogen-bond donors (Lipinski definition) is 1. The molecule has 2 heterocycles. The summed E-state index contributed by atoms with van der Waals surface area (Å²) in [4.78, 5) is 14.0. The van der Waals surface area contributed by atoms with E-state index in [0.717, 1.165) is 19.4 Å². The summed E-state index contributed by atoms with van der Waals surface area (Å²) in [7, 11) is 1.81. The first kappa shape index (κ1) is 12.1. The molecule has 1 aliphatic rings. The van der Waals surface area contributed by atoms with E-state index >= 15 is 0 Å². The average molecular weight is 236 g/mol. The number of likely N-dealkylation sites (tertiary alicyclic amines) is 1. The van der Waals surface area contributed by atoms with Crippen molar-refractivity contribution in [1.82, 2.24) is 14.7 Å². The number of aromatic nitrogens is 2. The van der Waals surface area contributed by atoms with Crippen molar-refractivity contribution in [2.45, 2.75) is 25.8 Å². The maximum atomic E-state index is 12.2. The molecule has 1 saturated heterocycles. The molecule has 1 aromatic heterocycles. The third-order valence-electron chi connectivity index (χ3n) is 3.39. The van der Waals surface area contributed by atoms with Gasteiger partial charge in [-0.05, 0) is 12.3 Å². The summed E-state index contributed by atoms with van der Waals surface area (Å²) in [6, 6.07) is 0.121. The predicted molar refractivity (Wildman–Crippen MR) is 65.5 cm³/mol. The van der Waals surface area contributed by atoms with Gasteiger partial charge in [0.05, 0.1) is 11.8 Å². The molecule has 94 valence electrons. The van der Waals surface area contributed by atoms with Crippen molar-refractivity contribution in [2.75, 3.05) is 13.1 Å². The molecule has 5 heteroatoms. The zero-order valence-corrected chi connectivity index (χ0v) is 10.5. The lowest BCUT2D eigenvalue weighted by atomic mass is 9.99. The smallest absolute Gasteiger partial charge is 0.257 e. The Morgan fingerprint density at radius 2 is 2.35 bits per heavy atom. The first-order valence-corrected chi connectivity index (χ1v) is 6.15. The minimum Gasteiger partial charge on any atom is -0.337 e. The molecule has 1 aromatic rings. The second-order valence-corrected chi connectivity index (χ2v) is 4.83. The number of nitrogens with two attached hydrogens (primary N) is 1. The molecule has 0 spiro atoms. The third-order valence-corrected chi connectivity index (χ3v) is 3.39. The van der Waals surface area contributed by atoms with Gasteiger partial charge in [0.1, 0.15) is 0 Å². The van der Waals surface area contributed by atoms with Crippen molar-refractivity contribution in [3.8, 4) is 0 Å². The van der Waals surface area contributed by atoms with E-state index in [0.29, 0.717) is 18.0 Å². The highest BCUT2D eigenvalue weighted by molar-refractivity contribution is 5.94. The van der Waals surface area contributed by atoms with Gasteiger partial charge in [-0.3, -0.25) is 9.48 Å². The second-order valence-electron chi connectivity index (χ2n) is 4.83. The van der Waals surface area contributed by atoms with Crippen LogP contribution in [0.25, 0.3) is 0 Å². The van der Waals surface area contributed by atoms with Gasteiger partial charge < -0.3 is 10.6 Å². The fourth-order valence-corrected chi connectivity index (χ4v) is 2.45. The molecular formula is C12H20N4O. The molecule has 1 aliphatic heterocycles. The summed E-state index contributed by atoms with van der Waals surface area (Å²) >= 11 is 0. The molecular weight excluding hydrogens is 216 g/mol. The first-order valence-electron chi connectivity index (χ1n) is 6.15. The van der Waals surface area contributed by atoms with Gasteiger partial charge in [0.2, 0.25) is 0 Å². The first-order chi connectivity index (χ1) is 8.11. The standard InChI is InChI=1S/C12H20N4O/c1-3-4-9-7-16(8-11(9)13)12(17)10-5-14-15(2)6-10/h5-6,9,11H,3-4,7-8,13H2,1-2H3/t9-,11-/m0/s1. The number of hydrogen-bond acceptors (Lipinski definition) is 3. The number of rotatable bonds is 3. The van der Waals surface area contributed by atoms with E-state index in [-0.39, 0.29) is 11.9 Å². The van der Waals surface area contributed by atoms with Crippen molar-refractivity contribution >= 4 is 5.91 Å². The van der Waals surface area contributed by atoms with Crippen LogP contribution in [0.5, 0.6) is 0 Å². The van der Waals surface area contributed by atoms with Gasteiger partial charge in [0.15, 0.2) is 0 Å². The largest absolute Gasteiger partial charge is 0.337 e. The normalized spacial score (nSPS) is 24.3. The lowest BCUT2D eigenvalue weighted by Gasteiger charge is -2.14. The summed E-state index contributed by atoms with van der Waals surface area (Å²) in [5.74, 6) is 0.493.